The summed E-state index contributed by atoms with van der Waals surface area (Å²) in [7, 11) is -3.84. The van der Waals surface area contributed by atoms with Gasteiger partial charge in [0.25, 0.3) is 11.8 Å². The van der Waals surface area contributed by atoms with Gasteiger partial charge in [0.15, 0.2) is 0 Å². The van der Waals surface area contributed by atoms with Gasteiger partial charge in [-0.2, -0.15) is 0 Å². The molecule has 0 aliphatic carbocycles. The van der Waals surface area contributed by atoms with E-state index in [-0.39, 0.29) is 28.6 Å². The predicted molar refractivity (Wildman–Crippen MR) is 103 cm³/mol. The van der Waals surface area contributed by atoms with E-state index in [9.17, 15) is 18.0 Å². The highest BCUT2D eigenvalue weighted by molar-refractivity contribution is 7.89. The molecule has 0 saturated carbocycles. The van der Waals surface area contributed by atoms with E-state index in [4.69, 9.17) is 4.74 Å². The summed E-state index contributed by atoms with van der Waals surface area (Å²) < 4.78 is 33.7. The third-order valence-corrected chi connectivity index (χ3v) is 7.24. The smallest absolute Gasteiger partial charge is 0.258 e. The number of amides is 2. The van der Waals surface area contributed by atoms with Gasteiger partial charge in [0.2, 0.25) is 10.0 Å². The first-order valence-electron chi connectivity index (χ1n) is 8.80. The van der Waals surface area contributed by atoms with E-state index in [0.29, 0.717) is 13.2 Å². The number of ether oxygens (including phenoxy) is 1. The zero-order valence-electron chi connectivity index (χ0n) is 14.9. The number of hydrogen-bond donors (Lipinski definition) is 2. The average molecular weight is 422 g/mol. The predicted octanol–water partition coefficient (Wildman–Crippen LogP) is 0.983. The molecule has 2 aromatic rings. The summed E-state index contributed by atoms with van der Waals surface area (Å²) >= 11 is 1.58. The van der Waals surface area contributed by atoms with E-state index in [1.54, 1.807) is 11.3 Å². The van der Waals surface area contributed by atoms with Gasteiger partial charge in [-0.25, -0.2) is 13.1 Å². The molecule has 0 bridgehead atoms. The Balaban J connectivity index is 1.54. The van der Waals surface area contributed by atoms with Gasteiger partial charge in [-0.15, -0.1) is 11.3 Å². The van der Waals surface area contributed by atoms with Crippen LogP contribution in [0, 0.1) is 0 Å². The fraction of sp³-hybridized carbons (Fsp3) is 0.333. The van der Waals surface area contributed by atoms with Crippen LogP contribution in [0.3, 0.4) is 0 Å². The monoisotopic (exact) mass is 421 g/mol. The van der Waals surface area contributed by atoms with Crippen LogP contribution in [0.15, 0.2) is 40.6 Å². The number of nitrogens with one attached hydrogen (secondary N) is 2. The highest BCUT2D eigenvalue weighted by atomic mass is 32.2. The lowest BCUT2D eigenvalue weighted by Crippen LogP contribution is -2.43. The maximum Gasteiger partial charge on any atom is 0.258 e. The van der Waals surface area contributed by atoms with Gasteiger partial charge in [0.1, 0.15) is 0 Å². The summed E-state index contributed by atoms with van der Waals surface area (Å²) in [4.78, 5) is 26.7. The third-order valence-electron chi connectivity index (χ3n) is 4.84. The largest absolute Gasteiger partial charge is 0.379 e. The van der Waals surface area contributed by atoms with Crippen molar-refractivity contribution < 1.29 is 22.7 Å². The van der Waals surface area contributed by atoms with E-state index in [0.717, 1.165) is 18.0 Å². The second-order valence-corrected chi connectivity index (χ2v) is 9.27. The Labute approximate surface area is 166 Å². The first kappa shape index (κ1) is 19.2. The lowest BCUT2D eigenvalue weighted by Gasteiger charge is -2.34. The Kier molecular flexibility index (Phi) is 5.30. The quantitative estimate of drug-likeness (QED) is 0.674. The number of carbonyl (C=O) groups is 2. The summed E-state index contributed by atoms with van der Waals surface area (Å²) in [5.41, 5.74) is 0.268. The number of nitrogens with zero attached hydrogens (tertiary/aromatic N) is 1. The molecule has 1 unspecified atom stereocenters. The normalized spacial score (nSPS) is 18.7. The van der Waals surface area contributed by atoms with Crippen molar-refractivity contribution in [3.8, 4) is 0 Å². The van der Waals surface area contributed by atoms with E-state index in [1.807, 2.05) is 17.5 Å². The van der Waals surface area contributed by atoms with Gasteiger partial charge < -0.3 is 4.74 Å². The van der Waals surface area contributed by atoms with Crippen LogP contribution in [0.2, 0.25) is 0 Å². The standard InChI is InChI=1S/C18H19N3O5S2/c22-17-13-4-3-12(10-14(13)18(23)20-17)28(24,25)19-11-15(16-2-1-9-27-16)21-5-7-26-8-6-21/h1-4,9-10,15,19H,5-8,11H2,(H,20,22,23). The number of sulfonamides is 1. The number of fused-ring (bicyclic) bond motifs is 1. The van der Waals surface area contributed by atoms with E-state index in [1.165, 1.54) is 18.2 Å². The zero-order chi connectivity index (χ0) is 19.7. The fourth-order valence-electron chi connectivity index (χ4n) is 3.37. The molecule has 3 heterocycles. The molecule has 2 N–H and O–H groups in total. The van der Waals surface area contributed by atoms with Gasteiger partial charge >= 0.3 is 0 Å². The highest BCUT2D eigenvalue weighted by Crippen LogP contribution is 2.26. The van der Waals surface area contributed by atoms with E-state index < -0.39 is 21.8 Å². The molecule has 0 radical (unpaired) electrons. The Morgan fingerprint density at radius 2 is 1.89 bits per heavy atom. The molecule has 28 heavy (non-hydrogen) atoms. The molecule has 4 rings (SSSR count). The number of carbonyl (C=O) groups excluding carboxylic acids is 2. The van der Waals surface area contributed by atoms with Crippen molar-refractivity contribution in [1.29, 1.82) is 0 Å². The minimum atomic E-state index is -3.84. The Morgan fingerprint density at radius 1 is 1.14 bits per heavy atom. The van der Waals surface area contributed by atoms with Gasteiger partial charge in [-0.1, -0.05) is 6.07 Å². The van der Waals surface area contributed by atoms with Crippen LogP contribution in [-0.2, 0) is 14.8 Å². The molecule has 2 aliphatic heterocycles. The van der Waals surface area contributed by atoms with Gasteiger partial charge in [-0.05, 0) is 29.6 Å². The molecule has 2 amide bonds. The molecule has 148 valence electrons. The summed E-state index contributed by atoms with van der Waals surface area (Å²) in [6.45, 7) is 2.88. The second-order valence-electron chi connectivity index (χ2n) is 6.52. The van der Waals surface area contributed by atoms with Crippen molar-refractivity contribution in [3.63, 3.8) is 0 Å². The highest BCUT2D eigenvalue weighted by Gasteiger charge is 2.30. The topological polar surface area (TPSA) is 105 Å². The Morgan fingerprint density at radius 3 is 2.61 bits per heavy atom. The van der Waals surface area contributed by atoms with Crippen LogP contribution < -0.4 is 10.0 Å². The van der Waals surface area contributed by atoms with Crippen molar-refractivity contribution in [2.45, 2.75) is 10.9 Å². The molecular weight excluding hydrogens is 402 g/mol. The van der Waals surface area contributed by atoms with Crippen molar-refractivity contribution >= 4 is 33.2 Å². The maximum absolute atomic E-state index is 12.8. The van der Waals surface area contributed by atoms with E-state index >= 15 is 0 Å². The number of rotatable bonds is 6. The van der Waals surface area contributed by atoms with Crippen molar-refractivity contribution in [3.05, 3.63) is 51.7 Å². The van der Waals surface area contributed by atoms with Crippen LogP contribution in [0.25, 0.3) is 0 Å². The molecule has 1 fully saturated rings. The number of benzene rings is 1. The number of morpholine rings is 1. The Hall–Kier alpha value is -2.11. The minimum absolute atomic E-state index is 0.0389. The minimum Gasteiger partial charge on any atom is -0.379 e. The number of imide groups is 1. The van der Waals surface area contributed by atoms with Gasteiger partial charge in [0.05, 0.1) is 35.3 Å². The van der Waals surface area contributed by atoms with Gasteiger partial charge in [-0.3, -0.25) is 19.8 Å². The molecule has 0 spiro atoms. The SMILES string of the molecule is O=C1NC(=O)c2cc(S(=O)(=O)NCC(c3cccs3)N3CCOCC3)ccc21. The fourth-order valence-corrected chi connectivity index (χ4v) is 5.29. The molecule has 1 aromatic heterocycles. The molecule has 1 aromatic carbocycles. The summed E-state index contributed by atoms with van der Waals surface area (Å²) in [5.74, 6) is -1.09. The van der Waals surface area contributed by atoms with Crippen LogP contribution in [0.4, 0.5) is 0 Å². The second kappa shape index (κ2) is 7.72. The summed E-state index contributed by atoms with van der Waals surface area (Å²) in [6.07, 6.45) is 0. The summed E-state index contributed by atoms with van der Waals surface area (Å²) in [6, 6.07) is 7.78. The molecule has 1 saturated heterocycles. The lowest BCUT2D eigenvalue weighted by molar-refractivity contribution is 0.0179. The molecule has 2 aliphatic rings. The molecular formula is C18H19N3O5S2. The third kappa shape index (κ3) is 3.74. The Bertz CT molecular complexity index is 998. The van der Waals surface area contributed by atoms with Crippen molar-refractivity contribution in [2.75, 3.05) is 32.8 Å². The van der Waals surface area contributed by atoms with Gasteiger partial charge in [0, 0.05) is 24.5 Å². The first-order chi connectivity index (χ1) is 13.5. The number of hydrogen-bond acceptors (Lipinski definition) is 7. The molecule has 10 heteroatoms. The summed E-state index contributed by atoms with van der Waals surface area (Å²) in [5, 5.41) is 4.13. The average Bonchev–Trinajstić information content (AvgIpc) is 3.31. The van der Waals surface area contributed by atoms with Crippen molar-refractivity contribution in [1.82, 2.24) is 14.9 Å². The molecule has 8 nitrogen and oxygen atoms in total. The van der Waals surface area contributed by atoms with Crippen LogP contribution in [0.1, 0.15) is 31.6 Å². The maximum atomic E-state index is 12.8. The zero-order valence-corrected chi connectivity index (χ0v) is 16.5. The van der Waals surface area contributed by atoms with E-state index in [2.05, 4.69) is 14.9 Å². The van der Waals surface area contributed by atoms with Crippen LogP contribution in [0.5, 0.6) is 0 Å². The number of thiophene rings is 1. The first-order valence-corrected chi connectivity index (χ1v) is 11.2. The molecule has 1 atom stereocenters. The van der Waals surface area contributed by atoms with Crippen LogP contribution >= 0.6 is 11.3 Å². The lowest BCUT2D eigenvalue weighted by atomic mass is 10.1. The van der Waals surface area contributed by atoms with Crippen LogP contribution in [-0.4, -0.2) is 58.0 Å². The van der Waals surface area contributed by atoms with Crippen molar-refractivity contribution in [2.24, 2.45) is 0 Å².